The summed E-state index contributed by atoms with van der Waals surface area (Å²) in [7, 11) is 0. The predicted octanol–water partition coefficient (Wildman–Crippen LogP) is 1.94. The fourth-order valence-electron chi connectivity index (χ4n) is 1.36. The number of anilines is 1. The smallest absolute Gasteiger partial charge is 0.257 e. The molecule has 2 rings (SSSR count). The molecule has 0 fully saturated rings. The first-order valence-corrected chi connectivity index (χ1v) is 4.68. The number of carbonyl (C=O) groups is 1. The normalized spacial score (nSPS) is 10.1. The zero-order valence-electron chi connectivity index (χ0n) is 8.60. The topological polar surface area (TPSA) is 75.4 Å². The lowest BCUT2D eigenvalue weighted by Crippen LogP contribution is -2.13. The van der Waals surface area contributed by atoms with Gasteiger partial charge in [-0.05, 0) is 30.7 Å². The Bertz CT molecular complexity index is 506. The highest BCUT2D eigenvalue weighted by Gasteiger charge is 2.10. The highest BCUT2D eigenvalue weighted by molar-refractivity contribution is 6.04. The molecule has 82 valence electrons. The first-order valence-electron chi connectivity index (χ1n) is 4.68. The molecular formula is C11H10N2O3. The summed E-state index contributed by atoms with van der Waals surface area (Å²) < 4.78 is 4.60. The minimum atomic E-state index is -0.286. The quantitative estimate of drug-likeness (QED) is 0.807. The van der Waals surface area contributed by atoms with Crippen LogP contribution in [0.15, 0.2) is 35.1 Å². The number of hydrogen-bond donors (Lipinski definition) is 2. The molecule has 0 bridgehead atoms. The molecule has 1 aromatic carbocycles. The largest absolute Gasteiger partial charge is 0.508 e. The van der Waals surface area contributed by atoms with Crippen LogP contribution in [0.2, 0.25) is 0 Å². The first-order chi connectivity index (χ1) is 7.66. The van der Waals surface area contributed by atoms with E-state index >= 15 is 0 Å². The number of hydrogen-bond acceptors (Lipinski definition) is 4. The van der Waals surface area contributed by atoms with E-state index in [4.69, 9.17) is 0 Å². The molecule has 0 aliphatic carbocycles. The van der Waals surface area contributed by atoms with E-state index in [-0.39, 0.29) is 11.7 Å². The van der Waals surface area contributed by atoms with Gasteiger partial charge in [0.25, 0.3) is 5.91 Å². The second kappa shape index (κ2) is 4.06. The molecule has 0 atom stereocenters. The first kappa shape index (κ1) is 10.2. The molecule has 1 heterocycles. The molecule has 0 spiro atoms. The van der Waals surface area contributed by atoms with Crippen LogP contribution in [0.3, 0.4) is 0 Å². The second-order valence-electron chi connectivity index (χ2n) is 3.34. The SMILES string of the molecule is Cc1cc(O)ccc1C(=O)Nc1ccon1. The van der Waals surface area contributed by atoms with Gasteiger partial charge in [0.2, 0.25) is 0 Å². The predicted molar refractivity (Wildman–Crippen MR) is 57.3 cm³/mol. The number of phenolic OH excluding ortho intramolecular Hbond substituents is 1. The number of carbonyl (C=O) groups excluding carboxylic acids is 1. The second-order valence-corrected chi connectivity index (χ2v) is 3.34. The molecule has 0 radical (unpaired) electrons. The van der Waals surface area contributed by atoms with E-state index in [0.717, 1.165) is 0 Å². The molecule has 2 N–H and O–H groups in total. The summed E-state index contributed by atoms with van der Waals surface area (Å²) in [5.74, 6) is 0.208. The third-order valence-corrected chi connectivity index (χ3v) is 2.13. The Hall–Kier alpha value is -2.30. The van der Waals surface area contributed by atoms with Gasteiger partial charge >= 0.3 is 0 Å². The van der Waals surface area contributed by atoms with Crippen molar-refractivity contribution in [2.75, 3.05) is 5.32 Å². The van der Waals surface area contributed by atoms with Gasteiger partial charge in [-0.25, -0.2) is 0 Å². The van der Waals surface area contributed by atoms with Crippen molar-refractivity contribution in [3.05, 3.63) is 41.7 Å². The summed E-state index contributed by atoms with van der Waals surface area (Å²) >= 11 is 0. The molecule has 0 saturated heterocycles. The molecule has 0 unspecified atom stereocenters. The molecule has 5 nitrogen and oxygen atoms in total. The lowest BCUT2D eigenvalue weighted by Gasteiger charge is -2.05. The Labute approximate surface area is 91.7 Å². The highest BCUT2D eigenvalue weighted by atomic mass is 16.5. The molecule has 1 amide bonds. The van der Waals surface area contributed by atoms with Crippen LogP contribution in [0.4, 0.5) is 5.82 Å². The maximum Gasteiger partial charge on any atom is 0.257 e. The lowest BCUT2D eigenvalue weighted by atomic mass is 10.1. The summed E-state index contributed by atoms with van der Waals surface area (Å²) in [6, 6.07) is 6.09. The molecule has 0 aliphatic heterocycles. The Morgan fingerprint density at radius 3 is 2.88 bits per heavy atom. The number of aromatic nitrogens is 1. The van der Waals surface area contributed by atoms with E-state index in [0.29, 0.717) is 16.9 Å². The maximum atomic E-state index is 11.8. The van der Waals surface area contributed by atoms with Crippen LogP contribution in [0.25, 0.3) is 0 Å². The molecular weight excluding hydrogens is 208 g/mol. The Morgan fingerprint density at radius 2 is 2.25 bits per heavy atom. The van der Waals surface area contributed by atoms with E-state index in [1.54, 1.807) is 19.1 Å². The Balaban J connectivity index is 2.21. The van der Waals surface area contributed by atoms with Gasteiger partial charge in [0.05, 0.1) is 0 Å². The number of nitrogens with zero attached hydrogens (tertiary/aromatic N) is 1. The maximum absolute atomic E-state index is 11.8. The van der Waals surface area contributed by atoms with Crippen LogP contribution in [-0.4, -0.2) is 16.2 Å². The molecule has 0 aliphatic rings. The van der Waals surface area contributed by atoms with Gasteiger partial charge in [-0.2, -0.15) is 0 Å². The van der Waals surface area contributed by atoms with E-state index in [1.807, 2.05) is 0 Å². The summed E-state index contributed by atoms with van der Waals surface area (Å²) in [4.78, 5) is 11.8. The van der Waals surface area contributed by atoms with Crippen molar-refractivity contribution in [1.29, 1.82) is 0 Å². The highest BCUT2D eigenvalue weighted by Crippen LogP contribution is 2.16. The number of rotatable bonds is 2. The van der Waals surface area contributed by atoms with Gasteiger partial charge < -0.3 is 14.9 Å². The number of benzene rings is 1. The van der Waals surface area contributed by atoms with Crippen molar-refractivity contribution < 1.29 is 14.4 Å². The number of amides is 1. The van der Waals surface area contributed by atoms with Crippen molar-refractivity contribution in [2.24, 2.45) is 0 Å². The molecule has 1 aromatic heterocycles. The van der Waals surface area contributed by atoms with Crippen LogP contribution in [0.5, 0.6) is 5.75 Å². The van der Waals surface area contributed by atoms with E-state index < -0.39 is 0 Å². The van der Waals surface area contributed by atoms with Gasteiger partial charge in [-0.15, -0.1) is 0 Å². The molecule has 16 heavy (non-hydrogen) atoms. The number of phenols is 1. The van der Waals surface area contributed by atoms with Crippen molar-refractivity contribution in [3.63, 3.8) is 0 Å². The minimum Gasteiger partial charge on any atom is -0.508 e. The monoisotopic (exact) mass is 218 g/mol. The summed E-state index contributed by atoms with van der Waals surface area (Å²) in [5, 5.41) is 15.4. The number of nitrogens with one attached hydrogen (secondary N) is 1. The van der Waals surface area contributed by atoms with Crippen molar-refractivity contribution in [2.45, 2.75) is 6.92 Å². The van der Waals surface area contributed by atoms with Crippen LogP contribution in [0.1, 0.15) is 15.9 Å². The summed E-state index contributed by atoms with van der Waals surface area (Å²) in [5.41, 5.74) is 1.18. The standard InChI is InChI=1S/C11H10N2O3/c1-7-6-8(14)2-3-9(7)11(15)12-10-4-5-16-13-10/h2-6,14H,1H3,(H,12,13,15). The van der Waals surface area contributed by atoms with Crippen LogP contribution in [0, 0.1) is 6.92 Å². The van der Waals surface area contributed by atoms with Gasteiger partial charge in [0.1, 0.15) is 12.0 Å². The van der Waals surface area contributed by atoms with Crippen molar-refractivity contribution >= 4 is 11.7 Å². The number of aryl methyl sites for hydroxylation is 1. The van der Waals surface area contributed by atoms with Crippen LogP contribution in [-0.2, 0) is 0 Å². The average Bonchev–Trinajstić information content (AvgIpc) is 2.70. The third-order valence-electron chi connectivity index (χ3n) is 2.13. The van der Waals surface area contributed by atoms with E-state index in [9.17, 15) is 9.90 Å². The fourth-order valence-corrected chi connectivity index (χ4v) is 1.36. The zero-order chi connectivity index (χ0) is 11.5. The molecule has 0 saturated carbocycles. The van der Waals surface area contributed by atoms with Gasteiger partial charge in [-0.1, -0.05) is 5.16 Å². The summed E-state index contributed by atoms with van der Waals surface area (Å²) in [6.07, 6.45) is 1.37. The van der Waals surface area contributed by atoms with Crippen molar-refractivity contribution in [3.8, 4) is 5.75 Å². The molecule has 2 aromatic rings. The van der Waals surface area contributed by atoms with Gasteiger partial charge in [0.15, 0.2) is 5.82 Å². The Morgan fingerprint density at radius 1 is 1.44 bits per heavy atom. The minimum absolute atomic E-state index is 0.135. The van der Waals surface area contributed by atoms with Gasteiger partial charge in [-0.3, -0.25) is 4.79 Å². The van der Waals surface area contributed by atoms with Crippen LogP contribution < -0.4 is 5.32 Å². The van der Waals surface area contributed by atoms with E-state index in [1.165, 1.54) is 18.4 Å². The fraction of sp³-hybridized carbons (Fsp3) is 0.0909. The zero-order valence-corrected chi connectivity index (χ0v) is 8.60. The average molecular weight is 218 g/mol. The summed E-state index contributed by atoms with van der Waals surface area (Å²) in [6.45, 7) is 1.75. The third kappa shape index (κ3) is 2.03. The number of aromatic hydroxyl groups is 1. The Kier molecular flexibility index (Phi) is 2.59. The van der Waals surface area contributed by atoms with E-state index in [2.05, 4.69) is 15.0 Å². The van der Waals surface area contributed by atoms with Crippen molar-refractivity contribution in [1.82, 2.24) is 5.16 Å². The lowest BCUT2D eigenvalue weighted by molar-refractivity contribution is 0.102. The van der Waals surface area contributed by atoms with Crippen LogP contribution >= 0.6 is 0 Å². The van der Waals surface area contributed by atoms with Gasteiger partial charge in [0, 0.05) is 11.6 Å². The molecule has 5 heteroatoms.